The molecule has 1 unspecified atom stereocenters. The largest absolute Gasteiger partial charge is 0.496 e. The van der Waals surface area contributed by atoms with E-state index in [0.717, 1.165) is 16.8 Å². The van der Waals surface area contributed by atoms with Gasteiger partial charge in [-0.3, -0.25) is 14.6 Å². The van der Waals surface area contributed by atoms with Gasteiger partial charge in [0.05, 0.1) is 14.2 Å². The quantitative estimate of drug-likeness (QED) is 0.624. The number of allylic oxidation sites excluding steroid dienone is 2. The second-order valence-corrected chi connectivity index (χ2v) is 8.35. The number of ketones is 1. The van der Waals surface area contributed by atoms with E-state index in [4.69, 9.17) is 26.1 Å². The number of carbonyl (C=O) groups is 2. The maximum absolute atomic E-state index is 13.5. The molecule has 31 heavy (non-hydrogen) atoms. The first-order valence-electron chi connectivity index (χ1n) is 10.2. The van der Waals surface area contributed by atoms with Crippen LogP contribution >= 0.6 is 11.6 Å². The molecule has 0 saturated carbocycles. The van der Waals surface area contributed by atoms with Crippen molar-refractivity contribution in [1.29, 1.82) is 0 Å². The van der Waals surface area contributed by atoms with E-state index in [-0.39, 0.29) is 11.7 Å². The minimum Gasteiger partial charge on any atom is -0.496 e. The molecule has 0 spiro atoms. The average molecular weight is 438 g/mol. The first-order valence-corrected chi connectivity index (χ1v) is 10.6. The molecule has 0 amide bonds. The zero-order valence-electron chi connectivity index (χ0n) is 17.7. The van der Waals surface area contributed by atoms with E-state index in [1.165, 1.54) is 7.11 Å². The lowest BCUT2D eigenvalue weighted by molar-refractivity contribution is -0.143. The predicted molar refractivity (Wildman–Crippen MR) is 120 cm³/mol. The third-order valence-corrected chi connectivity index (χ3v) is 6.41. The van der Waals surface area contributed by atoms with Crippen molar-refractivity contribution in [2.75, 3.05) is 14.2 Å². The van der Waals surface area contributed by atoms with E-state index in [1.54, 1.807) is 7.11 Å². The summed E-state index contributed by atoms with van der Waals surface area (Å²) in [6, 6.07) is 15.1. The summed E-state index contributed by atoms with van der Waals surface area (Å²) >= 11 is 6.03. The van der Waals surface area contributed by atoms with Crippen LogP contribution in [0.1, 0.15) is 42.7 Å². The van der Waals surface area contributed by atoms with E-state index in [1.807, 2.05) is 55.5 Å². The molecule has 3 atom stereocenters. The summed E-state index contributed by atoms with van der Waals surface area (Å²) in [6.07, 6.45) is 0.980. The molecule has 2 aromatic carbocycles. The fourth-order valence-corrected chi connectivity index (χ4v) is 4.85. The van der Waals surface area contributed by atoms with Crippen LogP contribution in [-0.2, 0) is 14.3 Å². The molecule has 5 nitrogen and oxygen atoms in total. The highest BCUT2D eigenvalue weighted by atomic mass is 35.5. The smallest absolute Gasteiger partial charge is 0.315 e. The van der Waals surface area contributed by atoms with E-state index >= 15 is 0 Å². The Morgan fingerprint density at radius 2 is 1.77 bits per heavy atom. The first kappa shape index (κ1) is 21.3. The number of benzene rings is 2. The number of carbonyl (C=O) groups excluding carboxylic acids is 2. The molecule has 0 bridgehead atoms. The van der Waals surface area contributed by atoms with Crippen molar-refractivity contribution >= 4 is 29.1 Å². The van der Waals surface area contributed by atoms with Crippen LogP contribution in [-0.4, -0.2) is 31.7 Å². The fraction of sp³-hybridized carbons (Fsp3) is 0.320. The molecule has 4 rings (SSSR count). The molecule has 1 heterocycles. The SMILES string of the molecule is COC(=O)C1C(C)=NC2=C(C(=O)C[C@@H](c3ccc(Cl)cc3)C2)[C@H]1c1ccccc1OC. The van der Waals surface area contributed by atoms with Crippen molar-refractivity contribution in [3.63, 3.8) is 0 Å². The number of esters is 1. The van der Waals surface area contributed by atoms with Crippen LogP contribution in [0.25, 0.3) is 0 Å². The zero-order chi connectivity index (χ0) is 22.1. The third-order valence-electron chi connectivity index (χ3n) is 6.16. The molecule has 2 aliphatic rings. The van der Waals surface area contributed by atoms with E-state index in [2.05, 4.69) is 0 Å². The highest BCUT2D eigenvalue weighted by molar-refractivity contribution is 6.30. The van der Waals surface area contributed by atoms with Crippen LogP contribution in [0, 0.1) is 5.92 Å². The van der Waals surface area contributed by atoms with Crippen molar-refractivity contribution < 1.29 is 19.1 Å². The van der Waals surface area contributed by atoms with Gasteiger partial charge in [0.1, 0.15) is 11.7 Å². The Morgan fingerprint density at radius 1 is 1.06 bits per heavy atom. The number of halogens is 1. The lowest BCUT2D eigenvalue weighted by atomic mass is 9.69. The van der Waals surface area contributed by atoms with Crippen LogP contribution in [0.3, 0.4) is 0 Å². The molecule has 0 radical (unpaired) electrons. The predicted octanol–water partition coefficient (Wildman–Crippen LogP) is 5.10. The number of rotatable bonds is 4. The average Bonchev–Trinajstić information content (AvgIpc) is 2.78. The van der Waals surface area contributed by atoms with Gasteiger partial charge in [0, 0.05) is 39.9 Å². The lowest BCUT2D eigenvalue weighted by Gasteiger charge is -2.36. The molecular weight excluding hydrogens is 414 g/mol. The van der Waals surface area contributed by atoms with E-state index in [9.17, 15) is 9.59 Å². The molecule has 1 aliphatic carbocycles. The minimum absolute atomic E-state index is 0.00209. The Morgan fingerprint density at radius 3 is 2.45 bits per heavy atom. The van der Waals surface area contributed by atoms with E-state index in [0.29, 0.717) is 34.9 Å². The molecule has 1 aliphatic heterocycles. The summed E-state index contributed by atoms with van der Waals surface area (Å²) in [6.45, 7) is 1.82. The van der Waals surface area contributed by atoms with Gasteiger partial charge in [-0.05, 0) is 43.0 Å². The maximum Gasteiger partial charge on any atom is 0.315 e. The normalized spacial score (nSPS) is 23.2. The van der Waals surface area contributed by atoms with Crippen LogP contribution < -0.4 is 4.74 Å². The number of nitrogens with zero attached hydrogens (tertiary/aromatic N) is 1. The second kappa shape index (κ2) is 8.67. The number of hydrogen-bond acceptors (Lipinski definition) is 5. The number of aliphatic imine (C=N–C) groups is 1. The molecule has 160 valence electrons. The standard InChI is InChI=1S/C25H24ClNO4/c1-14-22(25(29)31-3)23(18-6-4-5-7-21(18)30-2)24-19(27-14)12-16(13-20(24)28)15-8-10-17(26)11-9-15/h4-11,16,22-23H,12-13H2,1-3H3/t16-,22?,23-/m0/s1. The molecule has 0 aromatic heterocycles. The van der Waals surface area contributed by atoms with Crippen molar-refractivity contribution in [3.8, 4) is 5.75 Å². The highest BCUT2D eigenvalue weighted by Crippen LogP contribution is 2.48. The second-order valence-electron chi connectivity index (χ2n) is 7.91. The summed E-state index contributed by atoms with van der Waals surface area (Å²) in [5.74, 6) is -0.909. The number of para-hydroxylation sites is 1. The van der Waals surface area contributed by atoms with Gasteiger partial charge in [-0.1, -0.05) is 41.9 Å². The Bertz CT molecular complexity index is 1090. The number of ether oxygens (including phenoxy) is 2. The van der Waals surface area contributed by atoms with Gasteiger partial charge in [-0.2, -0.15) is 0 Å². The Balaban J connectivity index is 1.83. The van der Waals surface area contributed by atoms with Gasteiger partial charge < -0.3 is 9.47 Å². The van der Waals surface area contributed by atoms with Crippen molar-refractivity contribution in [2.24, 2.45) is 10.9 Å². The fourth-order valence-electron chi connectivity index (χ4n) is 4.72. The van der Waals surface area contributed by atoms with Gasteiger partial charge in [0.15, 0.2) is 5.78 Å². The monoisotopic (exact) mass is 437 g/mol. The van der Waals surface area contributed by atoms with Gasteiger partial charge in [0.25, 0.3) is 0 Å². The molecule has 2 aromatic rings. The minimum atomic E-state index is -0.670. The van der Waals surface area contributed by atoms with Crippen molar-refractivity contribution in [2.45, 2.75) is 31.6 Å². The van der Waals surface area contributed by atoms with Gasteiger partial charge in [0.2, 0.25) is 0 Å². The summed E-state index contributed by atoms with van der Waals surface area (Å²) < 4.78 is 10.7. The summed E-state index contributed by atoms with van der Waals surface area (Å²) in [5, 5.41) is 0.662. The van der Waals surface area contributed by atoms with Gasteiger partial charge in [-0.25, -0.2) is 0 Å². The Labute approximate surface area is 186 Å². The summed E-state index contributed by atoms with van der Waals surface area (Å²) in [7, 11) is 2.95. The van der Waals surface area contributed by atoms with Gasteiger partial charge >= 0.3 is 5.97 Å². The highest BCUT2D eigenvalue weighted by Gasteiger charge is 2.45. The van der Waals surface area contributed by atoms with Crippen LogP contribution in [0.5, 0.6) is 5.75 Å². The molecule has 6 heteroatoms. The number of Topliss-reactive ketones (excluding diaryl/α,β-unsaturated/α-hetero) is 1. The molecular formula is C25H24ClNO4. The third kappa shape index (κ3) is 3.90. The number of hydrogen-bond donors (Lipinski definition) is 0. The number of methoxy groups -OCH3 is 2. The van der Waals surface area contributed by atoms with Crippen LogP contribution in [0.15, 0.2) is 64.8 Å². The van der Waals surface area contributed by atoms with Crippen molar-refractivity contribution in [3.05, 3.63) is 76.0 Å². The summed E-state index contributed by atoms with van der Waals surface area (Å²) in [5.41, 5.74) is 3.83. The maximum atomic E-state index is 13.5. The molecule has 0 saturated heterocycles. The Hall–Kier alpha value is -2.92. The van der Waals surface area contributed by atoms with Gasteiger partial charge in [-0.15, -0.1) is 0 Å². The lowest BCUT2D eigenvalue weighted by Crippen LogP contribution is -2.37. The molecule has 0 fully saturated rings. The molecule has 0 N–H and O–H groups in total. The van der Waals surface area contributed by atoms with Crippen molar-refractivity contribution in [1.82, 2.24) is 0 Å². The first-order chi connectivity index (χ1) is 14.9. The Kier molecular flexibility index (Phi) is 5.96. The van der Waals surface area contributed by atoms with E-state index < -0.39 is 17.8 Å². The van der Waals surface area contributed by atoms with Crippen LogP contribution in [0.4, 0.5) is 0 Å². The summed E-state index contributed by atoms with van der Waals surface area (Å²) in [4.78, 5) is 31.0. The van der Waals surface area contributed by atoms with Crippen LogP contribution in [0.2, 0.25) is 5.02 Å². The zero-order valence-corrected chi connectivity index (χ0v) is 18.5. The topological polar surface area (TPSA) is 65.0 Å².